The fourth-order valence-corrected chi connectivity index (χ4v) is 3.28. The third-order valence-electron chi connectivity index (χ3n) is 5.02. The van der Waals surface area contributed by atoms with Crippen molar-refractivity contribution in [2.75, 3.05) is 13.2 Å². The Morgan fingerprint density at radius 3 is 2.43 bits per heavy atom. The van der Waals surface area contributed by atoms with Gasteiger partial charge in [0.2, 0.25) is 0 Å². The van der Waals surface area contributed by atoms with Crippen LogP contribution in [0.1, 0.15) is 60.8 Å². The van der Waals surface area contributed by atoms with E-state index in [4.69, 9.17) is 9.47 Å². The zero-order chi connectivity index (χ0) is 17.3. The predicted octanol–water partition coefficient (Wildman–Crippen LogP) is 3.08. The summed E-state index contributed by atoms with van der Waals surface area (Å²) in [6, 6.07) is 0.604. The van der Waals surface area contributed by atoms with Gasteiger partial charge in [-0.1, -0.05) is 13.8 Å². The number of hydrogen-bond donors (Lipinski definition) is 2. The van der Waals surface area contributed by atoms with Crippen molar-refractivity contribution in [1.29, 1.82) is 0 Å². The van der Waals surface area contributed by atoms with Crippen molar-refractivity contribution in [1.82, 2.24) is 10.6 Å². The van der Waals surface area contributed by atoms with Gasteiger partial charge < -0.3 is 20.1 Å². The molecular formula is C18H34N2O3. The highest BCUT2D eigenvalue weighted by molar-refractivity contribution is 5.68. The van der Waals surface area contributed by atoms with Gasteiger partial charge in [-0.2, -0.15) is 0 Å². The van der Waals surface area contributed by atoms with E-state index >= 15 is 0 Å². The second-order valence-electron chi connectivity index (χ2n) is 8.55. The lowest BCUT2D eigenvalue weighted by molar-refractivity contribution is -0.114. The number of ether oxygens (including phenoxy) is 2. The highest BCUT2D eigenvalue weighted by Gasteiger charge is 2.49. The fourth-order valence-electron chi connectivity index (χ4n) is 3.28. The van der Waals surface area contributed by atoms with Gasteiger partial charge in [0.25, 0.3) is 0 Å². The minimum Gasteiger partial charge on any atom is -0.444 e. The van der Waals surface area contributed by atoms with Gasteiger partial charge in [-0.15, -0.1) is 0 Å². The molecule has 3 unspecified atom stereocenters. The molecule has 2 N–H and O–H groups in total. The number of nitrogens with one attached hydrogen (secondary N) is 2. The van der Waals surface area contributed by atoms with Crippen LogP contribution >= 0.6 is 0 Å². The lowest BCUT2D eigenvalue weighted by atomic mass is 9.64. The van der Waals surface area contributed by atoms with Gasteiger partial charge in [0, 0.05) is 30.7 Å². The lowest BCUT2D eigenvalue weighted by Gasteiger charge is -2.52. The van der Waals surface area contributed by atoms with Crippen LogP contribution in [0.5, 0.6) is 0 Å². The van der Waals surface area contributed by atoms with E-state index in [9.17, 15) is 4.79 Å². The van der Waals surface area contributed by atoms with Gasteiger partial charge in [-0.25, -0.2) is 4.79 Å². The van der Waals surface area contributed by atoms with E-state index in [1.165, 1.54) is 12.8 Å². The third-order valence-corrected chi connectivity index (χ3v) is 5.02. The molecule has 0 radical (unpaired) electrons. The monoisotopic (exact) mass is 326 g/mol. The Balaban J connectivity index is 1.79. The van der Waals surface area contributed by atoms with E-state index in [1.807, 2.05) is 27.7 Å². The van der Waals surface area contributed by atoms with E-state index in [0.717, 1.165) is 19.6 Å². The molecular weight excluding hydrogens is 292 g/mol. The van der Waals surface area contributed by atoms with Crippen molar-refractivity contribution in [2.24, 2.45) is 11.3 Å². The molecule has 134 valence electrons. The molecule has 5 heteroatoms. The predicted molar refractivity (Wildman–Crippen MR) is 91.5 cm³/mol. The van der Waals surface area contributed by atoms with Crippen LogP contribution in [0.15, 0.2) is 0 Å². The maximum Gasteiger partial charge on any atom is 0.407 e. The molecule has 0 aromatic carbocycles. The van der Waals surface area contributed by atoms with Crippen LogP contribution in [0.3, 0.4) is 0 Å². The van der Waals surface area contributed by atoms with Gasteiger partial charge in [0.1, 0.15) is 5.60 Å². The Hall–Kier alpha value is -0.810. The van der Waals surface area contributed by atoms with Crippen LogP contribution in [-0.4, -0.2) is 43.0 Å². The molecule has 2 saturated carbocycles. The van der Waals surface area contributed by atoms with Crippen LogP contribution in [0.25, 0.3) is 0 Å². The number of amides is 1. The molecule has 1 amide bonds. The molecule has 0 aromatic heterocycles. The summed E-state index contributed by atoms with van der Waals surface area (Å²) in [5.41, 5.74) is -0.303. The van der Waals surface area contributed by atoms with E-state index in [0.29, 0.717) is 18.1 Å². The summed E-state index contributed by atoms with van der Waals surface area (Å²) >= 11 is 0. The highest BCUT2D eigenvalue weighted by Crippen LogP contribution is 2.43. The Kier molecular flexibility index (Phi) is 5.62. The Morgan fingerprint density at radius 2 is 1.96 bits per heavy atom. The number of alkyl carbamates (subject to hydrolysis) is 1. The molecule has 2 aliphatic carbocycles. The quantitative estimate of drug-likeness (QED) is 0.755. The van der Waals surface area contributed by atoms with Crippen LogP contribution in [0.4, 0.5) is 4.79 Å². The minimum absolute atomic E-state index is 0.149. The second-order valence-corrected chi connectivity index (χ2v) is 8.55. The van der Waals surface area contributed by atoms with Gasteiger partial charge in [-0.05, 0) is 52.9 Å². The van der Waals surface area contributed by atoms with E-state index in [1.54, 1.807) is 0 Å². The SMILES string of the molecule is CCOC1CC(NCC(NC(=O)OC(C)(C)C)C2CC2)C1(C)C. The summed E-state index contributed by atoms with van der Waals surface area (Å²) in [7, 11) is 0. The van der Waals surface area contributed by atoms with E-state index in [-0.39, 0.29) is 17.6 Å². The maximum atomic E-state index is 12.0. The topological polar surface area (TPSA) is 59.6 Å². The van der Waals surface area contributed by atoms with Crippen molar-refractivity contribution in [3.05, 3.63) is 0 Å². The number of hydrogen-bond acceptors (Lipinski definition) is 4. The number of carbonyl (C=O) groups excluding carboxylic acids is 1. The van der Waals surface area contributed by atoms with Gasteiger partial charge >= 0.3 is 6.09 Å². The van der Waals surface area contributed by atoms with Crippen molar-refractivity contribution >= 4 is 6.09 Å². The summed E-state index contributed by atoms with van der Waals surface area (Å²) < 4.78 is 11.2. The zero-order valence-electron chi connectivity index (χ0n) is 15.6. The maximum absolute atomic E-state index is 12.0. The van der Waals surface area contributed by atoms with Crippen molar-refractivity contribution in [3.63, 3.8) is 0 Å². The largest absolute Gasteiger partial charge is 0.444 e. The first kappa shape index (κ1) is 18.5. The summed E-state index contributed by atoms with van der Waals surface area (Å²) in [6.45, 7) is 13.8. The molecule has 0 heterocycles. The first-order valence-electron chi connectivity index (χ1n) is 8.98. The molecule has 0 bridgehead atoms. The van der Waals surface area contributed by atoms with E-state index in [2.05, 4.69) is 24.5 Å². The minimum atomic E-state index is -0.452. The standard InChI is InChI=1S/C18H34N2O3/c1-7-22-15-10-14(18(15,5)6)19-11-13(12-8-9-12)20-16(21)23-17(2,3)4/h12-15,19H,7-11H2,1-6H3,(H,20,21). The average Bonchev–Trinajstić information content (AvgIpc) is 3.22. The first-order chi connectivity index (χ1) is 10.6. The number of carbonyl (C=O) groups is 1. The van der Waals surface area contributed by atoms with Crippen LogP contribution in [-0.2, 0) is 9.47 Å². The smallest absolute Gasteiger partial charge is 0.407 e. The summed E-state index contributed by atoms with van der Waals surface area (Å²) in [5, 5.41) is 6.68. The number of rotatable bonds is 7. The lowest BCUT2D eigenvalue weighted by Crippen LogP contribution is -2.62. The molecule has 23 heavy (non-hydrogen) atoms. The molecule has 2 fully saturated rings. The first-order valence-corrected chi connectivity index (χ1v) is 8.98. The van der Waals surface area contributed by atoms with Gasteiger partial charge in [-0.3, -0.25) is 0 Å². The van der Waals surface area contributed by atoms with Crippen LogP contribution in [0.2, 0.25) is 0 Å². The third kappa shape index (κ3) is 5.08. The second kappa shape index (κ2) is 6.98. The van der Waals surface area contributed by atoms with Crippen LogP contribution < -0.4 is 10.6 Å². The molecule has 3 atom stereocenters. The molecule has 5 nitrogen and oxygen atoms in total. The molecule has 0 spiro atoms. The summed E-state index contributed by atoms with van der Waals surface area (Å²) in [5.74, 6) is 0.584. The van der Waals surface area contributed by atoms with Crippen molar-refractivity contribution in [2.45, 2.75) is 84.6 Å². The highest BCUT2D eigenvalue weighted by atomic mass is 16.6. The van der Waals surface area contributed by atoms with Crippen molar-refractivity contribution < 1.29 is 14.3 Å². The normalized spacial score (nSPS) is 27.9. The van der Waals surface area contributed by atoms with E-state index < -0.39 is 5.60 Å². The Morgan fingerprint density at radius 1 is 1.30 bits per heavy atom. The molecule has 2 rings (SSSR count). The van der Waals surface area contributed by atoms with Crippen molar-refractivity contribution in [3.8, 4) is 0 Å². The molecule has 2 aliphatic rings. The van der Waals surface area contributed by atoms with Crippen LogP contribution in [0, 0.1) is 11.3 Å². The molecule has 0 aliphatic heterocycles. The Bertz CT molecular complexity index is 413. The van der Waals surface area contributed by atoms with Gasteiger partial charge in [0.05, 0.1) is 6.10 Å². The Labute approximate surface area is 140 Å². The molecule has 0 saturated heterocycles. The molecule has 0 aromatic rings. The fraction of sp³-hybridized carbons (Fsp3) is 0.944. The average molecular weight is 326 g/mol. The summed E-state index contributed by atoms with van der Waals surface area (Å²) in [4.78, 5) is 12.0. The van der Waals surface area contributed by atoms with Gasteiger partial charge in [0.15, 0.2) is 0 Å². The zero-order valence-corrected chi connectivity index (χ0v) is 15.6. The summed E-state index contributed by atoms with van der Waals surface area (Å²) in [6.07, 6.45) is 3.46.